The van der Waals surface area contributed by atoms with Crippen LogP contribution in [0.2, 0.25) is 5.02 Å². The topological polar surface area (TPSA) is 20.2 Å². The Kier molecular flexibility index (Phi) is 3.64. The highest BCUT2D eigenvalue weighted by atomic mass is 35.5. The summed E-state index contributed by atoms with van der Waals surface area (Å²) >= 11 is 5.66. The number of benzene rings is 2. The molecule has 4 heteroatoms. The minimum absolute atomic E-state index is 0.0497. The number of hydrogen-bond donors (Lipinski definition) is 1. The van der Waals surface area contributed by atoms with E-state index in [0.29, 0.717) is 16.7 Å². The largest absolute Gasteiger partial charge is 0.384 e. The van der Waals surface area contributed by atoms with Gasteiger partial charge in [0, 0.05) is 0 Å². The minimum atomic E-state index is -0.955. The molecule has 0 amide bonds. The van der Waals surface area contributed by atoms with Gasteiger partial charge in [-0.05, 0) is 47.9 Å². The molecule has 18 heavy (non-hydrogen) atoms. The normalized spacial score (nSPS) is 12.5. The lowest BCUT2D eigenvalue weighted by atomic mass is 9.97. The molecule has 0 aliphatic heterocycles. The predicted molar refractivity (Wildman–Crippen MR) is 66.6 cm³/mol. The molecule has 0 aromatic heterocycles. The summed E-state index contributed by atoms with van der Waals surface area (Å²) in [6, 6.07) is 8.13. The fourth-order valence-electron chi connectivity index (χ4n) is 1.81. The lowest BCUT2D eigenvalue weighted by Gasteiger charge is -2.14. The summed E-state index contributed by atoms with van der Waals surface area (Å²) in [6.45, 7) is 1.70. The van der Waals surface area contributed by atoms with Crippen molar-refractivity contribution in [2.24, 2.45) is 0 Å². The van der Waals surface area contributed by atoms with Gasteiger partial charge in [-0.25, -0.2) is 8.78 Å². The van der Waals surface area contributed by atoms with Crippen molar-refractivity contribution in [1.29, 1.82) is 0 Å². The number of halogens is 3. The van der Waals surface area contributed by atoms with Crippen LogP contribution in [0.4, 0.5) is 8.78 Å². The maximum atomic E-state index is 13.0. The molecule has 0 heterocycles. The van der Waals surface area contributed by atoms with Gasteiger partial charge in [0.05, 0.1) is 5.02 Å². The summed E-state index contributed by atoms with van der Waals surface area (Å²) in [5.41, 5.74) is 1.66. The van der Waals surface area contributed by atoms with Crippen molar-refractivity contribution in [3.05, 3.63) is 69.7 Å². The van der Waals surface area contributed by atoms with E-state index in [1.807, 2.05) is 0 Å². The van der Waals surface area contributed by atoms with Crippen LogP contribution in [0, 0.1) is 18.6 Å². The molecular formula is C14H11ClF2O. The highest BCUT2D eigenvalue weighted by molar-refractivity contribution is 6.30. The van der Waals surface area contributed by atoms with Gasteiger partial charge in [0.15, 0.2) is 0 Å². The molecule has 0 fully saturated rings. The molecule has 0 saturated heterocycles. The van der Waals surface area contributed by atoms with Crippen LogP contribution in [0.25, 0.3) is 0 Å². The van der Waals surface area contributed by atoms with Crippen LogP contribution in [0.15, 0.2) is 36.4 Å². The maximum absolute atomic E-state index is 13.0. The molecule has 0 bridgehead atoms. The van der Waals surface area contributed by atoms with E-state index in [0.717, 1.165) is 0 Å². The number of rotatable bonds is 2. The average Bonchev–Trinajstić information content (AvgIpc) is 2.32. The van der Waals surface area contributed by atoms with Gasteiger partial charge in [0.1, 0.15) is 17.7 Å². The zero-order chi connectivity index (χ0) is 13.3. The SMILES string of the molecule is Cc1cc(F)ccc1C(O)c1ccc(F)c(Cl)c1. The zero-order valence-corrected chi connectivity index (χ0v) is 10.4. The summed E-state index contributed by atoms with van der Waals surface area (Å²) in [6.07, 6.45) is -0.955. The smallest absolute Gasteiger partial charge is 0.141 e. The summed E-state index contributed by atoms with van der Waals surface area (Å²) in [7, 11) is 0. The highest BCUT2D eigenvalue weighted by Gasteiger charge is 2.14. The molecule has 1 nitrogen and oxygen atoms in total. The summed E-state index contributed by atoms with van der Waals surface area (Å²) in [4.78, 5) is 0. The molecule has 0 aliphatic carbocycles. The van der Waals surface area contributed by atoms with Crippen LogP contribution in [0.5, 0.6) is 0 Å². The fourth-order valence-corrected chi connectivity index (χ4v) is 2.00. The third-order valence-corrected chi connectivity index (χ3v) is 3.08. The molecule has 94 valence electrons. The van der Waals surface area contributed by atoms with Crippen molar-refractivity contribution >= 4 is 11.6 Å². The predicted octanol–water partition coefficient (Wildman–Crippen LogP) is 4.01. The van der Waals surface area contributed by atoms with Crippen LogP contribution < -0.4 is 0 Å². The molecule has 0 spiro atoms. The van der Waals surface area contributed by atoms with Crippen LogP contribution in [0.1, 0.15) is 22.8 Å². The standard InChI is InChI=1S/C14H11ClF2O/c1-8-6-10(16)3-4-11(8)14(18)9-2-5-13(17)12(15)7-9/h2-7,14,18H,1H3. The van der Waals surface area contributed by atoms with Crippen molar-refractivity contribution in [2.75, 3.05) is 0 Å². The Morgan fingerprint density at radius 3 is 2.44 bits per heavy atom. The van der Waals surface area contributed by atoms with Crippen molar-refractivity contribution in [3.8, 4) is 0 Å². The Morgan fingerprint density at radius 2 is 1.83 bits per heavy atom. The van der Waals surface area contributed by atoms with Crippen molar-refractivity contribution in [3.63, 3.8) is 0 Å². The van der Waals surface area contributed by atoms with E-state index in [-0.39, 0.29) is 10.8 Å². The zero-order valence-electron chi connectivity index (χ0n) is 9.62. The molecule has 0 saturated carbocycles. The second-order valence-electron chi connectivity index (χ2n) is 4.08. The number of aliphatic hydroxyl groups is 1. The Balaban J connectivity index is 2.41. The first kappa shape index (κ1) is 13.0. The lowest BCUT2D eigenvalue weighted by Crippen LogP contribution is -2.02. The van der Waals surface area contributed by atoms with Gasteiger partial charge in [0.25, 0.3) is 0 Å². The van der Waals surface area contributed by atoms with E-state index in [9.17, 15) is 13.9 Å². The first-order valence-corrected chi connectivity index (χ1v) is 5.76. The Hall–Kier alpha value is -1.45. The van der Waals surface area contributed by atoms with E-state index >= 15 is 0 Å². The quantitative estimate of drug-likeness (QED) is 0.873. The molecule has 0 aliphatic rings. The molecule has 1 N–H and O–H groups in total. The van der Waals surface area contributed by atoms with Gasteiger partial charge in [-0.1, -0.05) is 23.7 Å². The lowest BCUT2D eigenvalue weighted by molar-refractivity contribution is 0.219. The second kappa shape index (κ2) is 5.04. The Morgan fingerprint density at radius 1 is 1.11 bits per heavy atom. The first-order valence-electron chi connectivity index (χ1n) is 5.38. The number of aliphatic hydroxyl groups excluding tert-OH is 1. The first-order chi connectivity index (χ1) is 8.49. The molecule has 2 aromatic rings. The second-order valence-corrected chi connectivity index (χ2v) is 4.48. The van der Waals surface area contributed by atoms with Crippen LogP contribution in [0.3, 0.4) is 0 Å². The Labute approximate surface area is 109 Å². The molecule has 0 radical (unpaired) electrons. The van der Waals surface area contributed by atoms with E-state index in [1.54, 1.807) is 6.92 Å². The maximum Gasteiger partial charge on any atom is 0.141 e. The monoisotopic (exact) mass is 268 g/mol. The van der Waals surface area contributed by atoms with Gasteiger partial charge in [-0.2, -0.15) is 0 Å². The van der Waals surface area contributed by atoms with E-state index in [2.05, 4.69) is 0 Å². The number of hydrogen-bond acceptors (Lipinski definition) is 1. The summed E-state index contributed by atoms with van der Waals surface area (Å²) in [5, 5.41) is 10.1. The van der Waals surface area contributed by atoms with Gasteiger partial charge >= 0.3 is 0 Å². The van der Waals surface area contributed by atoms with Crippen LogP contribution in [-0.2, 0) is 0 Å². The third kappa shape index (κ3) is 2.52. The van der Waals surface area contributed by atoms with Crippen LogP contribution in [-0.4, -0.2) is 5.11 Å². The third-order valence-electron chi connectivity index (χ3n) is 2.79. The minimum Gasteiger partial charge on any atom is -0.384 e. The summed E-state index contributed by atoms with van der Waals surface area (Å²) < 4.78 is 26.0. The average molecular weight is 269 g/mol. The molecule has 2 aromatic carbocycles. The molecule has 1 unspecified atom stereocenters. The molecule has 2 rings (SSSR count). The van der Waals surface area contributed by atoms with Gasteiger partial charge in [-0.15, -0.1) is 0 Å². The van der Waals surface area contributed by atoms with E-state index < -0.39 is 11.9 Å². The van der Waals surface area contributed by atoms with Gasteiger partial charge < -0.3 is 5.11 Å². The van der Waals surface area contributed by atoms with E-state index in [1.165, 1.54) is 36.4 Å². The van der Waals surface area contributed by atoms with E-state index in [4.69, 9.17) is 11.6 Å². The van der Waals surface area contributed by atoms with Crippen molar-refractivity contribution < 1.29 is 13.9 Å². The van der Waals surface area contributed by atoms with Crippen molar-refractivity contribution in [2.45, 2.75) is 13.0 Å². The molecular weight excluding hydrogens is 258 g/mol. The van der Waals surface area contributed by atoms with Gasteiger partial charge in [0.2, 0.25) is 0 Å². The number of aryl methyl sites for hydroxylation is 1. The van der Waals surface area contributed by atoms with Crippen molar-refractivity contribution in [1.82, 2.24) is 0 Å². The highest BCUT2D eigenvalue weighted by Crippen LogP contribution is 2.28. The fraction of sp³-hybridized carbons (Fsp3) is 0.143. The molecule has 1 atom stereocenters. The Bertz CT molecular complexity index is 584. The van der Waals surface area contributed by atoms with Crippen LogP contribution >= 0.6 is 11.6 Å². The summed E-state index contributed by atoms with van der Waals surface area (Å²) in [5.74, 6) is -0.899. The van der Waals surface area contributed by atoms with Gasteiger partial charge in [-0.3, -0.25) is 0 Å².